The summed E-state index contributed by atoms with van der Waals surface area (Å²) >= 11 is 0. The number of carbonyl (C=O) groups is 2. The molecule has 4 fully saturated rings. The van der Waals surface area contributed by atoms with Crippen molar-refractivity contribution >= 4 is 17.8 Å². The number of fused-ring (bicyclic) bond motifs is 1. The quantitative estimate of drug-likeness (QED) is 0.431. The van der Waals surface area contributed by atoms with Crippen molar-refractivity contribution < 1.29 is 23.8 Å². The Morgan fingerprint density at radius 3 is 2.41 bits per heavy atom. The van der Waals surface area contributed by atoms with E-state index in [0.717, 1.165) is 19.3 Å². The summed E-state index contributed by atoms with van der Waals surface area (Å²) in [5, 5.41) is 9.39. The van der Waals surface area contributed by atoms with Gasteiger partial charge in [0.2, 0.25) is 6.79 Å². The number of hydrogen-bond donors (Lipinski definition) is 0. The van der Waals surface area contributed by atoms with Gasteiger partial charge < -0.3 is 14.2 Å². The van der Waals surface area contributed by atoms with Crippen molar-refractivity contribution in [1.82, 2.24) is 0 Å². The lowest BCUT2D eigenvalue weighted by Gasteiger charge is -2.55. The number of esters is 1. The molecule has 4 saturated carbocycles. The van der Waals surface area contributed by atoms with Crippen molar-refractivity contribution in [2.24, 2.45) is 23.2 Å². The largest absolute Gasteiger partial charge is 0.454 e. The summed E-state index contributed by atoms with van der Waals surface area (Å²) in [4.78, 5) is 25.4. The molecule has 0 amide bonds. The first-order valence-electron chi connectivity index (χ1n) is 10.3. The predicted octanol–water partition coefficient (Wildman–Crippen LogP) is 3.65. The molecule has 1 aromatic carbocycles. The Morgan fingerprint density at radius 1 is 1.10 bits per heavy atom. The second-order valence-corrected chi connectivity index (χ2v) is 8.98. The molecule has 5 aliphatic rings. The molecule has 0 atom stereocenters. The molecule has 0 N–H and O–H groups in total. The molecular formula is C23H23NO5. The van der Waals surface area contributed by atoms with Crippen molar-refractivity contribution in [1.29, 1.82) is 5.26 Å². The number of Topliss-reactive ketones (excluding diaryl/α,β-unsaturated/α-hetero) is 1. The summed E-state index contributed by atoms with van der Waals surface area (Å²) in [6.07, 6.45) is 8.02. The zero-order valence-corrected chi connectivity index (χ0v) is 16.2. The number of hydrogen-bond acceptors (Lipinski definition) is 6. The fourth-order valence-electron chi connectivity index (χ4n) is 6.12. The molecule has 150 valence electrons. The van der Waals surface area contributed by atoms with Crippen LogP contribution in [0.2, 0.25) is 0 Å². The standard InChI is InChI=1S/C23H23NO5/c24-11-18(6-14-1-2-19-20(7-14)29-13-28-19)22(26)27-12-21(25)23-8-15-3-16(9-23)5-17(4-15)10-23/h1-2,6-7,15-17H,3-5,8-10,12-13H2/b18-6+. The molecule has 29 heavy (non-hydrogen) atoms. The van der Waals surface area contributed by atoms with Crippen LogP contribution in [-0.2, 0) is 14.3 Å². The van der Waals surface area contributed by atoms with Crippen LogP contribution in [0.1, 0.15) is 44.1 Å². The number of benzene rings is 1. The lowest BCUT2D eigenvalue weighted by Crippen LogP contribution is -2.51. The second-order valence-electron chi connectivity index (χ2n) is 8.98. The number of ether oxygens (including phenoxy) is 3. The topological polar surface area (TPSA) is 85.6 Å². The molecule has 4 aliphatic carbocycles. The third kappa shape index (κ3) is 3.29. The van der Waals surface area contributed by atoms with Gasteiger partial charge in [-0.15, -0.1) is 0 Å². The van der Waals surface area contributed by atoms with Gasteiger partial charge in [0.05, 0.1) is 0 Å². The van der Waals surface area contributed by atoms with Crippen molar-refractivity contribution in [3.05, 3.63) is 29.3 Å². The summed E-state index contributed by atoms with van der Waals surface area (Å²) < 4.78 is 15.9. The predicted molar refractivity (Wildman–Crippen MR) is 103 cm³/mol. The summed E-state index contributed by atoms with van der Waals surface area (Å²) in [5.41, 5.74) is 0.195. The van der Waals surface area contributed by atoms with Gasteiger partial charge in [-0.25, -0.2) is 4.79 Å². The van der Waals surface area contributed by atoms with E-state index in [1.165, 1.54) is 25.3 Å². The van der Waals surface area contributed by atoms with E-state index in [2.05, 4.69) is 0 Å². The molecule has 1 heterocycles. The molecule has 0 spiro atoms. The van der Waals surface area contributed by atoms with Crippen molar-refractivity contribution in [3.63, 3.8) is 0 Å². The molecule has 4 bridgehead atoms. The molecule has 0 unspecified atom stereocenters. The SMILES string of the molecule is N#C/C(=C\c1ccc2c(c1)OCO2)C(=O)OCC(=O)C12CC3CC(CC(C3)C1)C2. The minimum Gasteiger partial charge on any atom is -0.454 e. The minimum atomic E-state index is -0.761. The third-order valence-electron chi connectivity index (χ3n) is 7.01. The zero-order chi connectivity index (χ0) is 20.0. The molecule has 6 nitrogen and oxygen atoms in total. The fourth-order valence-corrected chi connectivity index (χ4v) is 6.12. The Kier molecular flexibility index (Phi) is 4.34. The maximum absolute atomic E-state index is 13.0. The summed E-state index contributed by atoms with van der Waals surface area (Å²) in [6.45, 7) is -0.0900. The molecular weight excluding hydrogens is 370 g/mol. The Labute approximate surface area is 169 Å². The maximum atomic E-state index is 13.0. The van der Waals surface area contributed by atoms with E-state index in [-0.39, 0.29) is 30.2 Å². The van der Waals surface area contributed by atoms with Crippen LogP contribution in [0, 0.1) is 34.5 Å². The van der Waals surface area contributed by atoms with Gasteiger partial charge in [-0.05, 0) is 80.1 Å². The van der Waals surface area contributed by atoms with E-state index in [1.54, 1.807) is 18.2 Å². The number of carbonyl (C=O) groups excluding carboxylic acids is 2. The Bertz CT molecular complexity index is 906. The molecule has 0 aromatic heterocycles. The Morgan fingerprint density at radius 2 is 1.76 bits per heavy atom. The number of rotatable bonds is 5. The van der Waals surface area contributed by atoms with Crippen molar-refractivity contribution in [2.75, 3.05) is 13.4 Å². The highest BCUT2D eigenvalue weighted by Crippen LogP contribution is 2.60. The second kappa shape index (κ2) is 6.91. The van der Waals surface area contributed by atoms with Crippen LogP contribution in [0.5, 0.6) is 11.5 Å². The smallest absolute Gasteiger partial charge is 0.349 e. The zero-order valence-electron chi connectivity index (χ0n) is 16.2. The lowest BCUT2D eigenvalue weighted by atomic mass is 9.48. The summed E-state index contributed by atoms with van der Waals surface area (Å²) in [5.74, 6) is 2.43. The Hall–Kier alpha value is -2.81. The van der Waals surface area contributed by atoms with Gasteiger partial charge in [0.1, 0.15) is 11.6 Å². The normalized spacial score (nSPS) is 31.4. The number of ketones is 1. The maximum Gasteiger partial charge on any atom is 0.349 e. The van der Waals surface area contributed by atoms with E-state index in [1.807, 2.05) is 6.07 Å². The monoisotopic (exact) mass is 393 g/mol. The molecule has 0 radical (unpaired) electrons. The van der Waals surface area contributed by atoms with Gasteiger partial charge >= 0.3 is 5.97 Å². The van der Waals surface area contributed by atoms with Gasteiger partial charge in [-0.3, -0.25) is 4.79 Å². The molecule has 1 aromatic rings. The van der Waals surface area contributed by atoms with E-state index in [4.69, 9.17) is 14.2 Å². The first-order valence-corrected chi connectivity index (χ1v) is 10.3. The average Bonchev–Trinajstić information content (AvgIpc) is 3.16. The van der Waals surface area contributed by atoms with Crippen molar-refractivity contribution in [2.45, 2.75) is 38.5 Å². The first-order chi connectivity index (χ1) is 14.0. The van der Waals surface area contributed by atoms with Gasteiger partial charge in [-0.1, -0.05) is 6.07 Å². The van der Waals surface area contributed by atoms with Crippen LogP contribution >= 0.6 is 0 Å². The molecule has 6 rings (SSSR count). The van der Waals surface area contributed by atoms with E-state index >= 15 is 0 Å². The lowest BCUT2D eigenvalue weighted by molar-refractivity contribution is -0.155. The van der Waals surface area contributed by atoms with E-state index in [0.29, 0.717) is 34.8 Å². The van der Waals surface area contributed by atoms with Crippen LogP contribution < -0.4 is 9.47 Å². The highest BCUT2D eigenvalue weighted by Gasteiger charge is 2.54. The molecule has 0 saturated heterocycles. The summed E-state index contributed by atoms with van der Waals surface area (Å²) in [6, 6.07) is 7.04. The highest BCUT2D eigenvalue weighted by atomic mass is 16.7. The van der Waals surface area contributed by atoms with Crippen molar-refractivity contribution in [3.8, 4) is 17.6 Å². The van der Waals surface area contributed by atoms with Crippen LogP contribution in [0.3, 0.4) is 0 Å². The van der Waals surface area contributed by atoms with Gasteiger partial charge in [-0.2, -0.15) is 5.26 Å². The van der Waals surface area contributed by atoms with Crippen LogP contribution in [-0.4, -0.2) is 25.2 Å². The van der Waals surface area contributed by atoms with Gasteiger partial charge in [0.25, 0.3) is 0 Å². The van der Waals surface area contributed by atoms with Crippen LogP contribution in [0.4, 0.5) is 0 Å². The van der Waals surface area contributed by atoms with E-state index in [9.17, 15) is 14.9 Å². The van der Waals surface area contributed by atoms with Gasteiger partial charge in [0.15, 0.2) is 23.9 Å². The number of nitrogens with zero attached hydrogens (tertiary/aromatic N) is 1. The van der Waals surface area contributed by atoms with E-state index < -0.39 is 5.97 Å². The number of nitriles is 1. The summed E-state index contributed by atoms with van der Waals surface area (Å²) in [7, 11) is 0. The third-order valence-corrected chi connectivity index (χ3v) is 7.01. The van der Waals surface area contributed by atoms with Crippen LogP contribution in [0.25, 0.3) is 6.08 Å². The highest BCUT2D eigenvalue weighted by molar-refractivity contribution is 5.99. The average molecular weight is 393 g/mol. The van der Waals surface area contributed by atoms with Gasteiger partial charge in [0, 0.05) is 5.41 Å². The Balaban J connectivity index is 1.25. The first kappa shape index (κ1) is 18.2. The minimum absolute atomic E-state index is 0.0327. The molecule has 1 aliphatic heterocycles. The molecule has 6 heteroatoms. The van der Waals surface area contributed by atoms with Crippen LogP contribution in [0.15, 0.2) is 23.8 Å². The fraction of sp³-hybridized carbons (Fsp3) is 0.522.